The van der Waals surface area contributed by atoms with Crippen LogP contribution in [0.15, 0.2) is 66.7 Å². The largest absolute Gasteiger partial charge is 0.379 e. The van der Waals surface area contributed by atoms with Gasteiger partial charge in [-0.3, -0.25) is 0 Å². The molecule has 0 spiro atoms. The van der Waals surface area contributed by atoms with Crippen molar-refractivity contribution in [1.82, 2.24) is 4.98 Å². The third kappa shape index (κ3) is 2.11. The highest BCUT2D eigenvalue weighted by molar-refractivity contribution is 5.78. The molecule has 94 valence electrons. The Bertz CT molecular complexity index is 705. The molecule has 1 atom stereocenters. The summed E-state index contributed by atoms with van der Waals surface area (Å²) in [6.07, 6.45) is 0. The molecule has 0 aliphatic heterocycles. The van der Waals surface area contributed by atoms with Crippen LogP contribution in [0.2, 0.25) is 0 Å². The normalized spacial score (nSPS) is 14.2. The molecule has 2 aromatic carbocycles. The highest BCUT2D eigenvalue weighted by Gasteiger charge is 2.26. The lowest BCUT2D eigenvalue weighted by molar-refractivity contribution is 0.0978. The van der Waals surface area contributed by atoms with Gasteiger partial charge in [-0.25, -0.2) is 4.98 Å². The second-order valence-electron chi connectivity index (χ2n) is 4.83. The van der Waals surface area contributed by atoms with Crippen molar-refractivity contribution in [2.45, 2.75) is 12.5 Å². The van der Waals surface area contributed by atoms with Crippen molar-refractivity contribution in [2.75, 3.05) is 0 Å². The van der Waals surface area contributed by atoms with Gasteiger partial charge in [-0.05, 0) is 24.6 Å². The SMILES string of the molecule is C[C@](O)(c1ccccc1)c1ccc2ccccc2n1. The van der Waals surface area contributed by atoms with Crippen LogP contribution in [0.1, 0.15) is 18.2 Å². The maximum atomic E-state index is 10.8. The predicted octanol–water partition coefficient (Wildman–Crippen LogP) is 3.49. The van der Waals surface area contributed by atoms with Crippen molar-refractivity contribution in [2.24, 2.45) is 0 Å². The fourth-order valence-electron chi connectivity index (χ4n) is 2.25. The van der Waals surface area contributed by atoms with E-state index in [0.717, 1.165) is 16.5 Å². The molecule has 1 N–H and O–H groups in total. The maximum Gasteiger partial charge on any atom is 0.129 e. The zero-order valence-corrected chi connectivity index (χ0v) is 10.7. The first kappa shape index (κ1) is 11.9. The smallest absolute Gasteiger partial charge is 0.129 e. The maximum absolute atomic E-state index is 10.8. The zero-order chi connectivity index (χ0) is 13.3. The van der Waals surface area contributed by atoms with Crippen molar-refractivity contribution < 1.29 is 5.11 Å². The first-order valence-corrected chi connectivity index (χ1v) is 6.32. The molecular formula is C17H15NO. The highest BCUT2D eigenvalue weighted by atomic mass is 16.3. The fourth-order valence-corrected chi connectivity index (χ4v) is 2.25. The molecule has 0 unspecified atom stereocenters. The summed E-state index contributed by atoms with van der Waals surface area (Å²) in [6, 6.07) is 21.4. The topological polar surface area (TPSA) is 33.1 Å². The molecule has 0 aliphatic rings. The molecule has 0 radical (unpaired) electrons. The average Bonchev–Trinajstić information content (AvgIpc) is 2.47. The number of pyridine rings is 1. The van der Waals surface area contributed by atoms with Crippen LogP contribution in [-0.2, 0) is 5.60 Å². The van der Waals surface area contributed by atoms with E-state index < -0.39 is 5.60 Å². The molecule has 19 heavy (non-hydrogen) atoms. The lowest BCUT2D eigenvalue weighted by Gasteiger charge is -2.23. The number of benzene rings is 2. The highest BCUT2D eigenvalue weighted by Crippen LogP contribution is 2.28. The summed E-state index contributed by atoms with van der Waals surface area (Å²) < 4.78 is 0. The first-order chi connectivity index (χ1) is 9.18. The molecule has 0 aliphatic carbocycles. The summed E-state index contributed by atoms with van der Waals surface area (Å²) in [6.45, 7) is 1.78. The predicted molar refractivity (Wildman–Crippen MR) is 76.9 cm³/mol. The monoisotopic (exact) mass is 249 g/mol. The number of hydrogen-bond donors (Lipinski definition) is 1. The molecule has 2 heteroatoms. The summed E-state index contributed by atoms with van der Waals surface area (Å²) in [4.78, 5) is 4.57. The van der Waals surface area contributed by atoms with Gasteiger partial charge in [-0.2, -0.15) is 0 Å². The Morgan fingerprint density at radius 2 is 1.53 bits per heavy atom. The van der Waals surface area contributed by atoms with E-state index >= 15 is 0 Å². The van der Waals surface area contributed by atoms with E-state index in [4.69, 9.17) is 0 Å². The molecule has 3 aromatic rings. The average molecular weight is 249 g/mol. The molecule has 2 nitrogen and oxygen atoms in total. The molecule has 0 fully saturated rings. The van der Waals surface area contributed by atoms with E-state index in [1.165, 1.54) is 0 Å². The van der Waals surface area contributed by atoms with E-state index in [-0.39, 0.29) is 0 Å². The molecular weight excluding hydrogens is 234 g/mol. The molecule has 1 aromatic heterocycles. The van der Waals surface area contributed by atoms with Crippen molar-refractivity contribution >= 4 is 10.9 Å². The van der Waals surface area contributed by atoms with Gasteiger partial charge in [0.15, 0.2) is 0 Å². The number of nitrogens with zero attached hydrogens (tertiary/aromatic N) is 1. The van der Waals surface area contributed by atoms with Gasteiger partial charge in [-0.1, -0.05) is 54.6 Å². The molecule has 1 heterocycles. The van der Waals surface area contributed by atoms with Crippen molar-refractivity contribution in [3.05, 3.63) is 78.0 Å². The van der Waals surface area contributed by atoms with Gasteiger partial charge in [0.25, 0.3) is 0 Å². The van der Waals surface area contributed by atoms with Gasteiger partial charge >= 0.3 is 0 Å². The number of hydrogen-bond acceptors (Lipinski definition) is 2. The van der Waals surface area contributed by atoms with Crippen LogP contribution in [0.3, 0.4) is 0 Å². The van der Waals surface area contributed by atoms with E-state index in [0.29, 0.717) is 5.69 Å². The van der Waals surface area contributed by atoms with Crippen LogP contribution in [0.25, 0.3) is 10.9 Å². The molecule has 0 bridgehead atoms. The minimum Gasteiger partial charge on any atom is -0.379 e. The van der Waals surface area contributed by atoms with Crippen LogP contribution in [0.4, 0.5) is 0 Å². The second-order valence-corrected chi connectivity index (χ2v) is 4.83. The number of para-hydroxylation sites is 1. The summed E-state index contributed by atoms with van der Waals surface area (Å²) in [5.41, 5.74) is 1.33. The van der Waals surface area contributed by atoms with E-state index in [1.54, 1.807) is 6.92 Å². The van der Waals surface area contributed by atoms with Gasteiger partial charge in [0.2, 0.25) is 0 Å². The number of aromatic nitrogens is 1. The summed E-state index contributed by atoms with van der Waals surface area (Å²) in [5.74, 6) is 0. The Kier molecular flexibility index (Phi) is 2.80. The molecule has 0 saturated carbocycles. The third-order valence-corrected chi connectivity index (χ3v) is 3.43. The summed E-state index contributed by atoms with van der Waals surface area (Å²) in [5, 5.41) is 11.8. The quantitative estimate of drug-likeness (QED) is 0.754. The van der Waals surface area contributed by atoms with Crippen molar-refractivity contribution in [3.63, 3.8) is 0 Å². The van der Waals surface area contributed by atoms with Crippen LogP contribution < -0.4 is 0 Å². The Morgan fingerprint density at radius 1 is 0.842 bits per heavy atom. The number of aliphatic hydroxyl groups is 1. The van der Waals surface area contributed by atoms with E-state index in [9.17, 15) is 5.11 Å². The summed E-state index contributed by atoms with van der Waals surface area (Å²) in [7, 11) is 0. The Morgan fingerprint density at radius 3 is 2.32 bits per heavy atom. The van der Waals surface area contributed by atoms with Gasteiger partial charge in [0, 0.05) is 5.39 Å². The van der Waals surface area contributed by atoms with Crippen molar-refractivity contribution in [3.8, 4) is 0 Å². The Balaban J connectivity index is 2.13. The van der Waals surface area contributed by atoms with Gasteiger partial charge < -0.3 is 5.11 Å². The van der Waals surface area contributed by atoms with E-state index in [1.807, 2.05) is 66.7 Å². The number of rotatable bonds is 2. The minimum absolute atomic E-state index is 0.664. The fraction of sp³-hybridized carbons (Fsp3) is 0.118. The first-order valence-electron chi connectivity index (χ1n) is 6.32. The lowest BCUT2D eigenvalue weighted by atomic mass is 9.92. The van der Waals surface area contributed by atoms with E-state index in [2.05, 4.69) is 4.98 Å². The van der Waals surface area contributed by atoms with Gasteiger partial charge in [-0.15, -0.1) is 0 Å². The third-order valence-electron chi connectivity index (χ3n) is 3.43. The molecule has 0 amide bonds. The van der Waals surface area contributed by atoms with Gasteiger partial charge in [0.1, 0.15) is 5.60 Å². The standard InChI is InChI=1S/C17H15NO/c1-17(19,14-8-3-2-4-9-14)16-12-11-13-7-5-6-10-15(13)18-16/h2-12,19H,1H3/t17-/m0/s1. The van der Waals surface area contributed by atoms with Gasteiger partial charge in [0.05, 0.1) is 11.2 Å². The lowest BCUT2D eigenvalue weighted by Crippen LogP contribution is -2.24. The summed E-state index contributed by atoms with van der Waals surface area (Å²) >= 11 is 0. The van der Waals surface area contributed by atoms with Crippen molar-refractivity contribution in [1.29, 1.82) is 0 Å². The number of fused-ring (bicyclic) bond motifs is 1. The van der Waals surface area contributed by atoms with Crippen LogP contribution >= 0.6 is 0 Å². The van der Waals surface area contributed by atoms with Crippen LogP contribution in [-0.4, -0.2) is 10.1 Å². The zero-order valence-electron chi connectivity index (χ0n) is 10.7. The molecule has 0 saturated heterocycles. The van der Waals surface area contributed by atoms with Crippen LogP contribution in [0.5, 0.6) is 0 Å². The molecule has 3 rings (SSSR count). The second kappa shape index (κ2) is 4.48. The minimum atomic E-state index is -1.08. The Hall–Kier alpha value is -2.19. The Labute approximate surface area is 112 Å². The van der Waals surface area contributed by atoms with Crippen LogP contribution in [0, 0.1) is 0 Å².